The molecule has 1 aromatic heterocycles. The van der Waals surface area contributed by atoms with E-state index in [-0.39, 0.29) is 24.5 Å². The van der Waals surface area contributed by atoms with E-state index in [0.29, 0.717) is 12.5 Å². The zero-order chi connectivity index (χ0) is 14.3. The zero-order valence-electron chi connectivity index (χ0n) is 12.0. The standard InChI is InChI=1S/C14H20N4O2/c1-10(2)8-16-7-5-15-12(16)9-18-13(19)11-4-3-6-17(11)14(18)20/h5,7,10-11H,3-4,6,8-9H2,1-2H3/t11-/m0/s1. The lowest BCUT2D eigenvalue weighted by molar-refractivity contribution is -0.128. The molecule has 3 rings (SSSR count). The molecule has 0 aromatic carbocycles. The summed E-state index contributed by atoms with van der Waals surface area (Å²) in [7, 11) is 0. The van der Waals surface area contributed by atoms with Gasteiger partial charge in [0.1, 0.15) is 11.9 Å². The summed E-state index contributed by atoms with van der Waals surface area (Å²) in [6.45, 7) is 6.09. The van der Waals surface area contributed by atoms with E-state index in [1.807, 2.05) is 10.8 Å². The first-order chi connectivity index (χ1) is 9.58. The molecule has 20 heavy (non-hydrogen) atoms. The number of hydrogen-bond donors (Lipinski definition) is 0. The molecule has 2 fully saturated rings. The molecular formula is C14H20N4O2. The van der Waals surface area contributed by atoms with Crippen molar-refractivity contribution in [3.05, 3.63) is 18.2 Å². The molecule has 3 amide bonds. The van der Waals surface area contributed by atoms with E-state index in [4.69, 9.17) is 0 Å². The van der Waals surface area contributed by atoms with Gasteiger partial charge in [-0.2, -0.15) is 0 Å². The average molecular weight is 276 g/mol. The fraction of sp³-hybridized carbons (Fsp3) is 0.643. The largest absolute Gasteiger partial charge is 0.333 e. The predicted octanol–water partition coefficient (Wildman–Crippen LogP) is 1.47. The molecule has 108 valence electrons. The maximum absolute atomic E-state index is 12.3. The summed E-state index contributed by atoms with van der Waals surface area (Å²) in [6, 6.07) is -0.382. The number of imidazole rings is 1. The molecular weight excluding hydrogens is 256 g/mol. The Morgan fingerprint density at radius 3 is 2.90 bits per heavy atom. The maximum Gasteiger partial charge on any atom is 0.327 e. The Morgan fingerprint density at radius 1 is 1.40 bits per heavy atom. The second-order valence-corrected chi connectivity index (χ2v) is 5.95. The van der Waals surface area contributed by atoms with Gasteiger partial charge in [-0.15, -0.1) is 0 Å². The molecule has 3 heterocycles. The molecule has 0 aliphatic carbocycles. The summed E-state index contributed by atoms with van der Waals surface area (Å²) in [4.78, 5) is 31.9. The molecule has 0 radical (unpaired) electrons. The lowest BCUT2D eigenvalue weighted by atomic mass is 10.2. The molecule has 0 bridgehead atoms. The third-order valence-electron chi connectivity index (χ3n) is 3.94. The number of amides is 3. The van der Waals surface area contributed by atoms with Crippen LogP contribution < -0.4 is 0 Å². The van der Waals surface area contributed by atoms with Gasteiger partial charge < -0.3 is 9.47 Å². The summed E-state index contributed by atoms with van der Waals surface area (Å²) < 4.78 is 2.02. The van der Waals surface area contributed by atoms with Gasteiger partial charge in [-0.05, 0) is 18.8 Å². The Hall–Kier alpha value is -1.85. The van der Waals surface area contributed by atoms with E-state index in [0.717, 1.165) is 25.2 Å². The smallest absolute Gasteiger partial charge is 0.327 e. The highest BCUT2D eigenvalue weighted by Gasteiger charge is 2.47. The van der Waals surface area contributed by atoms with Crippen LogP contribution in [0.1, 0.15) is 32.5 Å². The predicted molar refractivity (Wildman–Crippen MR) is 72.7 cm³/mol. The minimum absolute atomic E-state index is 0.0633. The summed E-state index contributed by atoms with van der Waals surface area (Å²) in [5.41, 5.74) is 0. The van der Waals surface area contributed by atoms with Gasteiger partial charge in [0.15, 0.2) is 0 Å². The van der Waals surface area contributed by atoms with Crippen molar-refractivity contribution in [1.29, 1.82) is 0 Å². The van der Waals surface area contributed by atoms with Crippen molar-refractivity contribution in [3.8, 4) is 0 Å². The summed E-state index contributed by atoms with van der Waals surface area (Å²) in [6.07, 6.45) is 5.35. The van der Waals surface area contributed by atoms with Gasteiger partial charge in [-0.25, -0.2) is 9.78 Å². The van der Waals surface area contributed by atoms with Crippen molar-refractivity contribution >= 4 is 11.9 Å². The number of urea groups is 1. The van der Waals surface area contributed by atoms with E-state index in [1.54, 1.807) is 11.1 Å². The first-order valence-electron chi connectivity index (χ1n) is 7.20. The first-order valence-corrected chi connectivity index (χ1v) is 7.20. The molecule has 2 saturated heterocycles. The molecule has 0 unspecified atom stereocenters. The van der Waals surface area contributed by atoms with Crippen molar-refractivity contribution in [1.82, 2.24) is 19.4 Å². The number of aromatic nitrogens is 2. The Kier molecular flexibility index (Phi) is 3.23. The Labute approximate surface area is 118 Å². The topological polar surface area (TPSA) is 58.4 Å². The lowest BCUT2D eigenvalue weighted by Gasteiger charge is -2.17. The molecule has 0 N–H and O–H groups in total. The van der Waals surface area contributed by atoms with Crippen LogP contribution in [-0.4, -0.2) is 43.9 Å². The van der Waals surface area contributed by atoms with Crippen LogP contribution in [0.3, 0.4) is 0 Å². The van der Waals surface area contributed by atoms with Gasteiger partial charge in [0.05, 0.1) is 6.54 Å². The van der Waals surface area contributed by atoms with Crippen LogP contribution in [0.15, 0.2) is 12.4 Å². The van der Waals surface area contributed by atoms with Crippen molar-refractivity contribution < 1.29 is 9.59 Å². The highest BCUT2D eigenvalue weighted by molar-refractivity contribution is 6.04. The van der Waals surface area contributed by atoms with Crippen LogP contribution in [0, 0.1) is 5.92 Å². The van der Waals surface area contributed by atoms with Gasteiger partial charge >= 0.3 is 6.03 Å². The Morgan fingerprint density at radius 2 is 2.20 bits per heavy atom. The number of carbonyl (C=O) groups excluding carboxylic acids is 2. The van der Waals surface area contributed by atoms with E-state index in [2.05, 4.69) is 18.8 Å². The fourth-order valence-corrected chi connectivity index (χ4v) is 3.02. The number of carbonyl (C=O) groups is 2. The third-order valence-corrected chi connectivity index (χ3v) is 3.94. The number of hydrogen-bond acceptors (Lipinski definition) is 3. The first kappa shape index (κ1) is 13.1. The molecule has 1 atom stereocenters. The van der Waals surface area contributed by atoms with Crippen molar-refractivity contribution in [3.63, 3.8) is 0 Å². The van der Waals surface area contributed by atoms with E-state index >= 15 is 0 Å². The number of nitrogens with zero attached hydrogens (tertiary/aromatic N) is 4. The SMILES string of the molecule is CC(C)Cn1ccnc1CN1C(=O)[C@@H]2CCCN2C1=O. The fourth-order valence-electron chi connectivity index (χ4n) is 3.02. The van der Waals surface area contributed by atoms with Gasteiger partial charge in [0.2, 0.25) is 0 Å². The summed E-state index contributed by atoms with van der Waals surface area (Å²) in [5.74, 6) is 1.21. The normalized spacial score (nSPS) is 22.2. The number of fused-ring (bicyclic) bond motifs is 1. The maximum atomic E-state index is 12.3. The zero-order valence-corrected chi connectivity index (χ0v) is 12.0. The molecule has 6 heteroatoms. The van der Waals surface area contributed by atoms with Crippen molar-refractivity contribution in [2.24, 2.45) is 5.92 Å². The Bertz CT molecular complexity index is 515. The van der Waals surface area contributed by atoms with Crippen LogP contribution in [0.2, 0.25) is 0 Å². The number of rotatable bonds is 4. The highest BCUT2D eigenvalue weighted by Crippen LogP contribution is 2.28. The van der Waals surface area contributed by atoms with Crippen molar-refractivity contribution in [2.45, 2.75) is 45.8 Å². The van der Waals surface area contributed by atoms with Gasteiger partial charge in [0.25, 0.3) is 5.91 Å². The summed E-state index contributed by atoms with van der Waals surface area (Å²) in [5, 5.41) is 0. The van der Waals surface area contributed by atoms with Crippen LogP contribution in [0.25, 0.3) is 0 Å². The van der Waals surface area contributed by atoms with Crippen molar-refractivity contribution in [2.75, 3.05) is 6.54 Å². The second kappa shape index (κ2) is 4.92. The molecule has 0 saturated carbocycles. The van der Waals surface area contributed by atoms with Crippen LogP contribution >= 0.6 is 0 Å². The monoisotopic (exact) mass is 276 g/mol. The van der Waals surface area contributed by atoms with E-state index in [9.17, 15) is 9.59 Å². The minimum Gasteiger partial charge on any atom is -0.333 e. The highest BCUT2D eigenvalue weighted by atomic mass is 16.2. The third kappa shape index (κ3) is 2.09. The van der Waals surface area contributed by atoms with Crippen LogP contribution in [0.5, 0.6) is 0 Å². The lowest BCUT2D eigenvalue weighted by Crippen LogP contribution is -2.33. The van der Waals surface area contributed by atoms with Gasteiger partial charge in [-0.1, -0.05) is 13.8 Å². The van der Waals surface area contributed by atoms with Gasteiger partial charge in [0, 0.05) is 25.5 Å². The quantitative estimate of drug-likeness (QED) is 0.782. The summed E-state index contributed by atoms with van der Waals surface area (Å²) >= 11 is 0. The molecule has 2 aliphatic heterocycles. The second-order valence-electron chi connectivity index (χ2n) is 5.95. The van der Waals surface area contributed by atoms with Crippen LogP contribution in [0.4, 0.5) is 4.79 Å². The molecule has 2 aliphatic rings. The average Bonchev–Trinajstić information content (AvgIpc) is 3.06. The number of imide groups is 1. The molecule has 1 aromatic rings. The van der Waals surface area contributed by atoms with Gasteiger partial charge in [-0.3, -0.25) is 9.69 Å². The Balaban J connectivity index is 1.77. The van der Waals surface area contributed by atoms with E-state index in [1.165, 1.54) is 4.90 Å². The molecule has 6 nitrogen and oxygen atoms in total. The van der Waals surface area contributed by atoms with Crippen LogP contribution in [-0.2, 0) is 17.9 Å². The minimum atomic E-state index is -0.226. The molecule has 0 spiro atoms. The van der Waals surface area contributed by atoms with E-state index < -0.39 is 0 Å².